The van der Waals surface area contributed by atoms with Gasteiger partial charge >= 0.3 is 6.09 Å². The topological polar surface area (TPSA) is 144 Å². The van der Waals surface area contributed by atoms with Crippen molar-refractivity contribution in [3.8, 4) is 6.07 Å². The minimum absolute atomic E-state index is 0.0467. The summed E-state index contributed by atoms with van der Waals surface area (Å²) in [5.74, 6) is 0. The van der Waals surface area contributed by atoms with E-state index in [1.54, 1.807) is 12.1 Å². The molecule has 10 heteroatoms. The molecule has 1 amide bonds. The van der Waals surface area contributed by atoms with Crippen molar-refractivity contribution in [3.63, 3.8) is 0 Å². The van der Waals surface area contributed by atoms with Gasteiger partial charge < -0.3 is 20.2 Å². The number of benzene rings is 2. The van der Waals surface area contributed by atoms with Gasteiger partial charge in [0.25, 0.3) is 10.0 Å². The first-order chi connectivity index (χ1) is 14.7. The second-order valence-corrected chi connectivity index (χ2v) is 8.79. The van der Waals surface area contributed by atoms with Gasteiger partial charge in [0, 0.05) is 18.1 Å². The lowest BCUT2D eigenvalue weighted by Crippen LogP contribution is -2.35. The molecule has 1 unspecified atom stereocenters. The summed E-state index contributed by atoms with van der Waals surface area (Å²) in [5, 5.41) is 38.8. The lowest BCUT2D eigenvalue weighted by atomic mass is 10.0. The van der Waals surface area contributed by atoms with E-state index in [-0.39, 0.29) is 34.6 Å². The van der Waals surface area contributed by atoms with Crippen LogP contribution in [0.1, 0.15) is 22.8 Å². The summed E-state index contributed by atoms with van der Waals surface area (Å²) >= 11 is 0. The first-order valence-corrected chi connectivity index (χ1v) is 10.8. The number of rotatable bonds is 7. The van der Waals surface area contributed by atoms with Crippen LogP contribution in [0.15, 0.2) is 53.6 Å². The van der Waals surface area contributed by atoms with Crippen LogP contribution in [0.5, 0.6) is 0 Å². The minimum atomic E-state index is -4.01. The Morgan fingerprint density at radius 2 is 1.87 bits per heavy atom. The quantitative estimate of drug-likeness (QED) is 0.507. The number of fused-ring (bicyclic) bond motifs is 1. The standard InChI is InChI=1S/C21H21N3O6S/c1-14-2-5-16(6-3-14)31(29,30)24-9-8-18-17(7-4-15(12-22)20(18)24)19(26)13-23(10-11-25)21(27)28/h2-9,19,25-26H,10-11,13H2,1H3,(H,27,28). The van der Waals surface area contributed by atoms with Gasteiger partial charge in [-0.15, -0.1) is 0 Å². The lowest BCUT2D eigenvalue weighted by Gasteiger charge is -2.22. The largest absolute Gasteiger partial charge is 0.465 e. The van der Waals surface area contributed by atoms with Crippen molar-refractivity contribution >= 4 is 27.0 Å². The Bertz CT molecular complexity index is 1260. The predicted octanol–water partition coefficient (Wildman–Crippen LogP) is 2.06. The minimum Gasteiger partial charge on any atom is -0.465 e. The zero-order valence-corrected chi connectivity index (χ0v) is 17.5. The third-order valence-corrected chi connectivity index (χ3v) is 6.63. The Kier molecular flexibility index (Phi) is 6.31. The molecule has 31 heavy (non-hydrogen) atoms. The third kappa shape index (κ3) is 4.25. The molecule has 2 aromatic carbocycles. The Balaban J connectivity index is 2.13. The maximum absolute atomic E-state index is 13.2. The van der Waals surface area contributed by atoms with Gasteiger partial charge in [0.05, 0.1) is 35.2 Å². The molecule has 9 nitrogen and oxygen atoms in total. The van der Waals surface area contributed by atoms with Crippen LogP contribution >= 0.6 is 0 Å². The average molecular weight is 443 g/mol. The monoisotopic (exact) mass is 443 g/mol. The fourth-order valence-electron chi connectivity index (χ4n) is 3.35. The van der Waals surface area contributed by atoms with Crippen LogP contribution in [0, 0.1) is 18.3 Å². The molecular formula is C21H21N3O6S. The van der Waals surface area contributed by atoms with E-state index in [4.69, 9.17) is 5.11 Å². The van der Waals surface area contributed by atoms with Crippen molar-refractivity contribution < 1.29 is 28.5 Å². The van der Waals surface area contributed by atoms with E-state index in [2.05, 4.69) is 0 Å². The van der Waals surface area contributed by atoms with Gasteiger partial charge in [0.1, 0.15) is 6.07 Å². The van der Waals surface area contributed by atoms with Crippen molar-refractivity contribution in [1.82, 2.24) is 8.87 Å². The summed E-state index contributed by atoms with van der Waals surface area (Å²) in [6.45, 7) is 0.911. The van der Waals surface area contributed by atoms with Crippen LogP contribution in [0.3, 0.4) is 0 Å². The van der Waals surface area contributed by atoms with Crippen LogP contribution in [-0.2, 0) is 10.0 Å². The van der Waals surface area contributed by atoms with Crippen LogP contribution in [0.4, 0.5) is 4.79 Å². The van der Waals surface area contributed by atoms with E-state index in [0.29, 0.717) is 5.39 Å². The summed E-state index contributed by atoms with van der Waals surface area (Å²) < 4.78 is 27.4. The lowest BCUT2D eigenvalue weighted by molar-refractivity contribution is 0.0878. The van der Waals surface area contributed by atoms with E-state index < -0.39 is 28.8 Å². The van der Waals surface area contributed by atoms with Crippen molar-refractivity contribution in [3.05, 3.63) is 65.4 Å². The highest BCUT2D eigenvalue weighted by Gasteiger charge is 2.25. The molecule has 3 rings (SSSR count). The Morgan fingerprint density at radius 3 is 2.45 bits per heavy atom. The highest BCUT2D eigenvalue weighted by molar-refractivity contribution is 7.90. The van der Waals surface area contributed by atoms with Crippen molar-refractivity contribution in [2.24, 2.45) is 0 Å². The predicted molar refractivity (Wildman–Crippen MR) is 112 cm³/mol. The number of nitrogens with zero attached hydrogens (tertiary/aromatic N) is 3. The number of nitriles is 1. The summed E-state index contributed by atoms with van der Waals surface area (Å²) in [6, 6.07) is 12.6. The summed E-state index contributed by atoms with van der Waals surface area (Å²) in [5.41, 5.74) is 1.36. The molecule has 0 saturated carbocycles. The molecule has 1 heterocycles. The molecule has 0 bridgehead atoms. The maximum atomic E-state index is 13.2. The average Bonchev–Trinajstić information content (AvgIpc) is 3.19. The number of carbonyl (C=O) groups is 1. The zero-order chi connectivity index (χ0) is 22.8. The van der Waals surface area contributed by atoms with E-state index in [1.807, 2.05) is 13.0 Å². The molecule has 1 atom stereocenters. The molecular weight excluding hydrogens is 422 g/mol. The fraction of sp³-hybridized carbons (Fsp3) is 0.238. The summed E-state index contributed by atoms with van der Waals surface area (Å²) in [6.07, 6.45) is -1.30. The number of amides is 1. The first-order valence-electron chi connectivity index (χ1n) is 9.33. The molecule has 3 aromatic rings. The van der Waals surface area contributed by atoms with Crippen molar-refractivity contribution in [1.29, 1.82) is 5.26 Å². The molecule has 1 aromatic heterocycles. The number of aliphatic hydroxyl groups excluding tert-OH is 2. The van der Waals surface area contributed by atoms with E-state index in [0.717, 1.165) is 14.4 Å². The SMILES string of the molecule is Cc1ccc(S(=O)(=O)n2ccc3c(C(O)CN(CCO)C(=O)O)ccc(C#N)c32)cc1. The molecule has 3 N–H and O–H groups in total. The van der Waals surface area contributed by atoms with Crippen molar-refractivity contribution in [2.75, 3.05) is 19.7 Å². The van der Waals surface area contributed by atoms with Gasteiger partial charge in [-0.2, -0.15) is 5.26 Å². The highest BCUT2D eigenvalue weighted by Crippen LogP contribution is 2.31. The van der Waals surface area contributed by atoms with Crippen molar-refractivity contribution in [2.45, 2.75) is 17.9 Å². The number of carboxylic acid groups (broad SMARTS) is 1. The second-order valence-electron chi connectivity index (χ2n) is 6.97. The smallest absolute Gasteiger partial charge is 0.407 e. The molecule has 162 valence electrons. The molecule has 0 aliphatic rings. The van der Waals surface area contributed by atoms with Crippen LogP contribution in [0.2, 0.25) is 0 Å². The number of aryl methyl sites for hydroxylation is 1. The number of aromatic nitrogens is 1. The number of hydrogen-bond acceptors (Lipinski definition) is 6. The fourth-order valence-corrected chi connectivity index (χ4v) is 4.72. The molecule has 0 fully saturated rings. The third-order valence-electron chi connectivity index (χ3n) is 4.94. The van der Waals surface area contributed by atoms with E-state index in [1.165, 1.54) is 36.5 Å². The van der Waals surface area contributed by atoms with Crippen LogP contribution in [0.25, 0.3) is 10.9 Å². The maximum Gasteiger partial charge on any atom is 0.407 e. The molecule has 0 radical (unpaired) electrons. The van der Waals surface area contributed by atoms with Gasteiger partial charge in [-0.05, 0) is 36.8 Å². The van der Waals surface area contributed by atoms with E-state index in [9.17, 15) is 28.7 Å². The summed E-state index contributed by atoms with van der Waals surface area (Å²) in [4.78, 5) is 12.2. The van der Waals surface area contributed by atoms with Crippen LogP contribution in [-0.4, -0.2) is 58.4 Å². The Labute approximate surface area is 179 Å². The van der Waals surface area contributed by atoms with Crippen LogP contribution < -0.4 is 0 Å². The Morgan fingerprint density at radius 1 is 1.19 bits per heavy atom. The van der Waals surface area contributed by atoms with E-state index >= 15 is 0 Å². The Hall–Kier alpha value is -3.39. The first kappa shape index (κ1) is 22.3. The normalized spacial score (nSPS) is 12.5. The zero-order valence-electron chi connectivity index (χ0n) is 16.6. The van der Waals surface area contributed by atoms with Gasteiger partial charge in [0.2, 0.25) is 0 Å². The van der Waals surface area contributed by atoms with Gasteiger partial charge in [-0.1, -0.05) is 23.8 Å². The van der Waals surface area contributed by atoms with Gasteiger partial charge in [-0.25, -0.2) is 17.2 Å². The number of hydrogen-bond donors (Lipinski definition) is 3. The molecule has 0 aliphatic carbocycles. The highest BCUT2D eigenvalue weighted by atomic mass is 32.2. The molecule has 0 aliphatic heterocycles. The van der Waals surface area contributed by atoms with Gasteiger partial charge in [0.15, 0.2) is 0 Å². The van der Waals surface area contributed by atoms with Gasteiger partial charge in [-0.3, -0.25) is 0 Å². The second kappa shape index (κ2) is 8.77. The molecule has 0 spiro atoms. The molecule has 0 saturated heterocycles. The summed E-state index contributed by atoms with van der Waals surface area (Å²) in [7, 11) is -4.01. The number of aliphatic hydroxyl groups is 2.